The molecule has 1 rings (SSSR count). The Morgan fingerprint density at radius 3 is 2.10 bits per heavy atom. The van der Waals surface area contributed by atoms with Crippen molar-refractivity contribution >= 4 is 12.4 Å². The van der Waals surface area contributed by atoms with E-state index in [1.807, 2.05) is 0 Å². The first-order valence-electron chi connectivity index (χ1n) is 2.84. The molecular weight excluding hydrogens is 310 g/mol. The van der Waals surface area contributed by atoms with Gasteiger partial charge in [-0.05, 0) is 0 Å². The first-order valence-corrected chi connectivity index (χ1v) is 2.84. The van der Waals surface area contributed by atoms with Crippen LogP contribution < -0.4 is 0 Å². The van der Waals surface area contributed by atoms with E-state index in [0.717, 1.165) is 6.42 Å². The summed E-state index contributed by atoms with van der Waals surface area (Å²) < 4.78 is 0. The second kappa shape index (κ2) is 12.3. The predicted molar refractivity (Wildman–Crippen MR) is 44.5 cm³/mol. The second-order valence-electron chi connectivity index (χ2n) is 1.47. The summed E-state index contributed by atoms with van der Waals surface area (Å²) >= 11 is 0. The monoisotopic (exact) mass is 324 g/mol. The summed E-state index contributed by atoms with van der Waals surface area (Å²) in [5, 5.41) is 0. The maximum absolute atomic E-state index is 3.25. The maximum atomic E-state index is 3.25. The molecular formula is C8H13ClHf-2. The van der Waals surface area contributed by atoms with Crippen LogP contribution in [0.5, 0.6) is 0 Å². The van der Waals surface area contributed by atoms with E-state index in [2.05, 4.69) is 32.1 Å². The van der Waals surface area contributed by atoms with E-state index >= 15 is 0 Å². The van der Waals surface area contributed by atoms with Crippen LogP contribution in [-0.2, 0) is 25.8 Å². The molecule has 0 aliphatic heterocycles. The molecule has 1 aliphatic carbocycles. The fourth-order valence-electron chi connectivity index (χ4n) is 0.515. The average molecular weight is 323 g/mol. The molecule has 0 amide bonds. The number of allylic oxidation sites excluding steroid dienone is 4. The van der Waals surface area contributed by atoms with Gasteiger partial charge in [0.05, 0.1) is 0 Å². The van der Waals surface area contributed by atoms with Gasteiger partial charge in [-0.2, -0.15) is 13.0 Å². The summed E-state index contributed by atoms with van der Waals surface area (Å²) in [6, 6.07) is 0. The van der Waals surface area contributed by atoms with E-state index in [4.69, 9.17) is 0 Å². The second-order valence-corrected chi connectivity index (χ2v) is 1.47. The van der Waals surface area contributed by atoms with E-state index in [-0.39, 0.29) is 38.3 Å². The van der Waals surface area contributed by atoms with Crippen molar-refractivity contribution < 1.29 is 25.8 Å². The maximum Gasteiger partial charge on any atom is 0 e. The van der Waals surface area contributed by atoms with Crippen molar-refractivity contribution in [3.63, 3.8) is 0 Å². The first kappa shape index (κ1) is 16.9. The number of hydrogen-bond acceptors (Lipinski definition) is 0. The van der Waals surface area contributed by atoms with Crippen molar-refractivity contribution in [1.29, 1.82) is 0 Å². The minimum atomic E-state index is 0. The smallest absolute Gasteiger partial charge is 0 e. The quantitative estimate of drug-likeness (QED) is 0.475. The largest absolute Gasteiger partial charge is 0.346 e. The van der Waals surface area contributed by atoms with Crippen molar-refractivity contribution in [3.05, 3.63) is 30.7 Å². The molecule has 0 N–H and O–H groups in total. The average Bonchev–Trinajstić information content (AvgIpc) is 2.24. The van der Waals surface area contributed by atoms with E-state index in [0.29, 0.717) is 0 Å². The van der Waals surface area contributed by atoms with Crippen LogP contribution in [0.3, 0.4) is 0 Å². The van der Waals surface area contributed by atoms with Gasteiger partial charge < -0.3 is 6.92 Å². The molecule has 0 aromatic carbocycles. The van der Waals surface area contributed by atoms with Gasteiger partial charge in [0.2, 0.25) is 0 Å². The zero-order valence-electron chi connectivity index (χ0n) is 6.48. The molecule has 0 bridgehead atoms. The Balaban J connectivity index is -0.000000114. The standard InChI is InChI=1S/C6H7.C2H5.ClH.Hf/c1-6-4-2-3-5-6;1-2;;/h2,4H,3H2,1H3;1H2,2H3;1H;/q2*-1;;. The molecule has 10 heavy (non-hydrogen) atoms. The van der Waals surface area contributed by atoms with Crippen LogP contribution in [0.15, 0.2) is 17.7 Å². The number of hydrogen-bond donors (Lipinski definition) is 0. The summed E-state index contributed by atoms with van der Waals surface area (Å²) in [6.45, 7) is 7.06. The Morgan fingerprint density at radius 1 is 1.50 bits per heavy atom. The normalized spacial score (nSPS) is 11.7. The Kier molecular flexibility index (Phi) is 20.9. The van der Waals surface area contributed by atoms with Crippen LogP contribution in [0.25, 0.3) is 0 Å². The topological polar surface area (TPSA) is 0 Å². The molecule has 0 aromatic heterocycles. The summed E-state index contributed by atoms with van der Waals surface area (Å²) in [7, 11) is 0. The third-order valence-electron chi connectivity index (χ3n) is 0.867. The number of rotatable bonds is 0. The summed E-state index contributed by atoms with van der Waals surface area (Å²) in [5.74, 6) is 0. The van der Waals surface area contributed by atoms with Crippen LogP contribution in [-0.4, -0.2) is 0 Å². The van der Waals surface area contributed by atoms with Crippen molar-refractivity contribution in [1.82, 2.24) is 0 Å². The van der Waals surface area contributed by atoms with Crippen LogP contribution in [0.1, 0.15) is 20.3 Å². The van der Waals surface area contributed by atoms with E-state index in [9.17, 15) is 0 Å². The van der Waals surface area contributed by atoms with E-state index in [1.54, 1.807) is 6.92 Å². The fourth-order valence-corrected chi connectivity index (χ4v) is 0.515. The predicted octanol–water partition coefficient (Wildman–Crippen LogP) is 2.96. The van der Waals surface area contributed by atoms with Crippen molar-refractivity contribution in [3.8, 4) is 0 Å². The van der Waals surface area contributed by atoms with Gasteiger partial charge in [0.25, 0.3) is 0 Å². The molecule has 0 aromatic rings. The summed E-state index contributed by atoms with van der Waals surface area (Å²) in [5.41, 5.74) is 1.27. The van der Waals surface area contributed by atoms with Gasteiger partial charge in [-0.15, -0.1) is 18.8 Å². The molecule has 1 aliphatic rings. The molecule has 0 atom stereocenters. The van der Waals surface area contributed by atoms with Crippen LogP contribution in [0.4, 0.5) is 0 Å². The van der Waals surface area contributed by atoms with Crippen molar-refractivity contribution in [2.45, 2.75) is 20.3 Å². The molecule has 58 valence electrons. The zero-order chi connectivity index (χ0) is 6.41. The number of halogens is 1. The Morgan fingerprint density at radius 2 is 2.00 bits per heavy atom. The molecule has 2 heteroatoms. The van der Waals surface area contributed by atoms with Gasteiger partial charge in [-0.1, -0.05) is 6.92 Å². The molecule has 0 spiro atoms. The summed E-state index contributed by atoms with van der Waals surface area (Å²) in [6.07, 6.45) is 8.33. The van der Waals surface area contributed by atoms with Gasteiger partial charge in [-0.3, -0.25) is 6.08 Å². The fraction of sp³-hybridized carbons (Fsp3) is 0.375. The van der Waals surface area contributed by atoms with Crippen LogP contribution in [0.2, 0.25) is 0 Å². The SMILES string of the molecule is CC1=[C-]CC=C1.Cl.[CH2-]C.[Hf]. The summed E-state index contributed by atoms with van der Waals surface area (Å²) in [4.78, 5) is 0. The first-order chi connectivity index (χ1) is 3.89. The molecule has 0 radical (unpaired) electrons. The third-order valence-corrected chi connectivity index (χ3v) is 0.867. The third kappa shape index (κ3) is 8.64. The van der Waals surface area contributed by atoms with E-state index in [1.165, 1.54) is 5.57 Å². The molecule has 0 nitrogen and oxygen atoms in total. The van der Waals surface area contributed by atoms with Crippen molar-refractivity contribution in [2.24, 2.45) is 0 Å². The Labute approximate surface area is 89.0 Å². The van der Waals surface area contributed by atoms with Gasteiger partial charge in [0.15, 0.2) is 0 Å². The molecule has 0 heterocycles. The van der Waals surface area contributed by atoms with Gasteiger partial charge in [0, 0.05) is 25.8 Å². The van der Waals surface area contributed by atoms with Gasteiger partial charge >= 0.3 is 0 Å². The Hall–Kier alpha value is 0.640. The van der Waals surface area contributed by atoms with E-state index < -0.39 is 0 Å². The molecule has 0 fully saturated rings. The van der Waals surface area contributed by atoms with Crippen molar-refractivity contribution in [2.75, 3.05) is 0 Å². The molecule has 0 saturated carbocycles. The molecule has 0 saturated heterocycles. The van der Waals surface area contributed by atoms with Crippen LogP contribution in [0, 0.1) is 13.0 Å². The minimum Gasteiger partial charge on any atom is -0.346 e. The molecule has 0 unspecified atom stereocenters. The minimum absolute atomic E-state index is 0. The van der Waals surface area contributed by atoms with Crippen LogP contribution >= 0.6 is 12.4 Å². The van der Waals surface area contributed by atoms with Gasteiger partial charge in [-0.25, -0.2) is 11.6 Å². The Bertz CT molecular complexity index is 103. The zero-order valence-corrected chi connectivity index (χ0v) is 10.9. The van der Waals surface area contributed by atoms with Gasteiger partial charge in [0.1, 0.15) is 0 Å².